The van der Waals surface area contributed by atoms with E-state index in [0.29, 0.717) is 22.9 Å². The monoisotopic (exact) mass is 368 g/mol. The van der Waals surface area contributed by atoms with Crippen LogP contribution < -0.4 is 9.47 Å². The van der Waals surface area contributed by atoms with Crippen LogP contribution in [0.1, 0.15) is 29.8 Å². The molecule has 2 aromatic carbocycles. The zero-order valence-corrected chi connectivity index (χ0v) is 13.7. The van der Waals surface area contributed by atoms with Crippen molar-refractivity contribution in [1.82, 2.24) is 0 Å². The van der Waals surface area contributed by atoms with Crippen molar-refractivity contribution in [2.24, 2.45) is 0 Å². The lowest BCUT2D eigenvalue weighted by Crippen LogP contribution is -2.19. The molecule has 110 valence electrons. The van der Waals surface area contributed by atoms with Gasteiger partial charge in [0.15, 0.2) is 0 Å². The molecule has 2 aromatic rings. The van der Waals surface area contributed by atoms with Crippen LogP contribution in [0.15, 0.2) is 40.9 Å². The molecule has 2 atom stereocenters. The lowest BCUT2D eigenvalue weighted by atomic mass is 9.95. The fraction of sp³-hybridized carbons (Fsp3) is 0.250. The van der Waals surface area contributed by atoms with E-state index in [2.05, 4.69) is 15.9 Å². The number of methoxy groups -OCH3 is 1. The number of aliphatic hydroxyl groups excluding tert-OH is 1. The number of ether oxygens (including phenoxy) is 2. The summed E-state index contributed by atoms with van der Waals surface area (Å²) in [5.41, 5.74) is 1.69. The summed E-state index contributed by atoms with van der Waals surface area (Å²) < 4.78 is 12.1. The molecule has 3 rings (SSSR count). The molecule has 0 bridgehead atoms. The van der Waals surface area contributed by atoms with E-state index >= 15 is 0 Å². The van der Waals surface area contributed by atoms with Crippen molar-refractivity contribution in [3.8, 4) is 11.5 Å². The lowest BCUT2D eigenvalue weighted by Gasteiger charge is -2.30. The van der Waals surface area contributed by atoms with Crippen LogP contribution in [0.2, 0.25) is 5.02 Å². The van der Waals surface area contributed by atoms with Crippen LogP contribution in [0.25, 0.3) is 0 Å². The molecule has 0 aliphatic carbocycles. The smallest absolute Gasteiger partial charge is 0.128 e. The van der Waals surface area contributed by atoms with Gasteiger partial charge in [0, 0.05) is 27.0 Å². The third-order valence-electron chi connectivity index (χ3n) is 3.59. The van der Waals surface area contributed by atoms with Crippen molar-refractivity contribution in [2.45, 2.75) is 18.6 Å². The first-order chi connectivity index (χ1) is 10.1. The first kappa shape index (κ1) is 14.7. The average molecular weight is 370 g/mol. The molecule has 0 aromatic heterocycles. The van der Waals surface area contributed by atoms with E-state index in [1.807, 2.05) is 36.4 Å². The second-order valence-corrected chi connectivity index (χ2v) is 6.22. The highest BCUT2D eigenvalue weighted by molar-refractivity contribution is 9.10. The van der Waals surface area contributed by atoms with Gasteiger partial charge in [-0.15, -0.1) is 0 Å². The Morgan fingerprint density at radius 2 is 2.05 bits per heavy atom. The minimum absolute atomic E-state index is 0.242. The second-order valence-electron chi connectivity index (χ2n) is 4.93. The van der Waals surface area contributed by atoms with Crippen molar-refractivity contribution in [3.63, 3.8) is 0 Å². The van der Waals surface area contributed by atoms with Gasteiger partial charge in [0.25, 0.3) is 0 Å². The summed E-state index contributed by atoms with van der Waals surface area (Å²) in [6, 6.07) is 11.0. The van der Waals surface area contributed by atoms with Gasteiger partial charge in [0.1, 0.15) is 17.6 Å². The van der Waals surface area contributed by atoms with Crippen molar-refractivity contribution in [3.05, 3.63) is 57.0 Å². The topological polar surface area (TPSA) is 38.7 Å². The average Bonchev–Trinajstić information content (AvgIpc) is 2.49. The molecule has 0 saturated heterocycles. The largest absolute Gasteiger partial charge is 0.497 e. The van der Waals surface area contributed by atoms with Crippen molar-refractivity contribution >= 4 is 27.5 Å². The van der Waals surface area contributed by atoms with Gasteiger partial charge in [0.2, 0.25) is 0 Å². The molecule has 1 heterocycles. The maximum atomic E-state index is 10.4. The molecule has 3 nitrogen and oxygen atoms in total. The van der Waals surface area contributed by atoms with Crippen molar-refractivity contribution in [1.29, 1.82) is 0 Å². The fourth-order valence-electron chi connectivity index (χ4n) is 2.50. The van der Waals surface area contributed by atoms with Crippen LogP contribution in [-0.4, -0.2) is 12.2 Å². The quantitative estimate of drug-likeness (QED) is 0.836. The summed E-state index contributed by atoms with van der Waals surface area (Å²) in [5, 5.41) is 11.0. The van der Waals surface area contributed by atoms with Gasteiger partial charge in [-0.25, -0.2) is 0 Å². The van der Waals surface area contributed by atoms with E-state index in [9.17, 15) is 5.11 Å². The SMILES string of the molecule is COc1ccc2c(c1)[C@H](O)CC(c1cc(Cl)ccc1Br)O2. The van der Waals surface area contributed by atoms with Gasteiger partial charge in [-0.2, -0.15) is 0 Å². The minimum atomic E-state index is -0.597. The molecule has 0 saturated carbocycles. The summed E-state index contributed by atoms with van der Waals surface area (Å²) in [7, 11) is 1.60. The summed E-state index contributed by atoms with van der Waals surface area (Å²) >= 11 is 9.57. The Bertz CT molecular complexity index is 675. The Morgan fingerprint density at radius 3 is 2.81 bits per heavy atom. The first-order valence-electron chi connectivity index (χ1n) is 6.56. The van der Waals surface area contributed by atoms with Gasteiger partial charge in [-0.3, -0.25) is 0 Å². The zero-order valence-electron chi connectivity index (χ0n) is 11.3. The summed E-state index contributed by atoms with van der Waals surface area (Å²) in [5.74, 6) is 1.38. The van der Waals surface area contributed by atoms with Crippen LogP contribution >= 0.6 is 27.5 Å². The first-order valence-corrected chi connectivity index (χ1v) is 7.73. The van der Waals surface area contributed by atoms with Crippen LogP contribution in [0.5, 0.6) is 11.5 Å². The molecule has 5 heteroatoms. The summed E-state index contributed by atoms with van der Waals surface area (Å²) in [6.45, 7) is 0. The minimum Gasteiger partial charge on any atom is -0.497 e. The van der Waals surface area contributed by atoms with Crippen LogP contribution in [0.4, 0.5) is 0 Å². The second kappa shape index (κ2) is 5.87. The molecule has 1 N–H and O–H groups in total. The molecular weight excluding hydrogens is 356 g/mol. The Morgan fingerprint density at radius 1 is 1.24 bits per heavy atom. The van der Waals surface area contributed by atoms with E-state index in [-0.39, 0.29) is 6.10 Å². The third kappa shape index (κ3) is 2.89. The Hall–Kier alpha value is -1.23. The maximum absolute atomic E-state index is 10.4. The lowest BCUT2D eigenvalue weighted by molar-refractivity contribution is 0.0651. The van der Waals surface area contributed by atoms with Crippen LogP contribution in [0.3, 0.4) is 0 Å². The molecule has 0 amide bonds. The van der Waals surface area contributed by atoms with E-state index in [1.165, 1.54) is 0 Å². The predicted molar refractivity (Wildman–Crippen MR) is 85.1 cm³/mol. The number of aliphatic hydroxyl groups is 1. The Labute approximate surface area is 136 Å². The molecule has 0 radical (unpaired) electrons. The standard InChI is InChI=1S/C16H14BrClO3/c1-20-10-3-5-15-12(7-10)14(19)8-16(21-15)11-6-9(18)2-4-13(11)17/h2-7,14,16,19H,8H2,1H3/t14-,16?/m1/s1. The summed E-state index contributed by atoms with van der Waals surface area (Å²) in [4.78, 5) is 0. The normalized spacial score (nSPS) is 20.6. The Kier molecular flexibility index (Phi) is 4.11. The molecule has 1 aliphatic rings. The summed E-state index contributed by atoms with van der Waals surface area (Å²) in [6.07, 6.45) is -0.368. The van der Waals surface area contributed by atoms with Gasteiger partial charge in [-0.1, -0.05) is 27.5 Å². The van der Waals surface area contributed by atoms with Crippen LogP contribution in [-0.2, 0) is 0 Å². The number of hydrogen-bond donors (Lipinski definition) is 1. The Balaban J connectivity index is 1.96. The fourth-order valence-corrected chi connectivity index (χ4v) is 3.19. The van der Waals surface area contributed by atoms with Gasteiger partial charge >= 0.3 is 0 Å². The maximum Gasteiger partial charge on any atom is 0.128 e. The third-order valence-corrected chi connectivity index (χ3v) is 4.54. The van der Waals surface area contributed by atoms with Gasteiger partial charge < -0.3 is 14.6 Å². The number of rotatable bonds is 2. The molecule has 1 aliphatic heterocycles. The van der Waals surface area contributed by atoms with E-state index in [4.69, 9.17) is 21.1 Å². The molecule has 0 spiro atoms. The number of hydrogen-bond acceptors (Lipinski definition) is 3. The molecule has 1 unspecified atom stereocenters. The highest BCUT2D eigenvalue weighted by Gasteiger charge is 2.29. The molecular formula is C16H14BrClO3. The highest BCUT2D eigenvalue weighted by Crippen LogP contribution is 2.44. The highest BCUT2D eigenvalue weighted by atomic mass is 79.9. The number of benzene rings is 2. The van der Waals surface area contributed by atoms with E-state index in [0.717, 1.165) is 15.6 Å². The van der Waals surface area contributed by atoms with Crippen molar-refractivity contribution in [2.75, 3.05) is 7.11 Å². The molecule has 21 heavy (non-hydrogen) atoms. The van der Waals surface area contributed by atoms with Gasteiger partial charge in [0.05, 0.1) is 13.2 Å². The van der Waals surface area contributed by atoms with E-state index in [1.54, 1.807) is 7.11 Å². The number of fused-ring (bicyclic) bond motifs is 1. The zero-order chi connectivity index (χ0) is 15.0. The number of halogens is 2. The molecule has 0 fully saturated rings. The predicted octanol–water partition coefficient (Wildman–Crippen LogP) is 4.67. The van der Waals surface area contributed by atoms with Crippen LogP contribution in [0, 0.1) is 0 Å². The van der Waals surface area contributed by atoms with E-state index < -0.39 is 6.10 Å². The van der Waals surface area contributed by atoms with Gasteiger partial charge in [-0.05, 0) is 36.4 Å². The van der Waals surface area contributed by atoms with Crippen molar-refractivity contribution < 1.29 is 14.6 Å².